The number of likely N-dealkylation sites (N-methyl/N-ethyl adjacent to an activating group) is 2. The molecule has 2 saturated carbocycles. The van der Waals surface area contributed by atoms with Crippen LogP contribution in [0.2, 0.25) is 5.28 Å². The largest absolute Gasteiger partial charge is 0.494 e. The first-order valence-corrected chi connectivity index (χ1v) is 20.6. The minimum absolute atomic E-state index is 0. The van der Waals surface area contributed by atoms with E-state index in [-0.39, 0.29) is 23.8 Å². The summed E-state index contributed by atoms with van der Waals surface area (Å²) in [5, 5.41) is 11.8. The lowest BCUT2D eigenvalue weighted by atomic mass is 9.95. The predicted molar refractivity (Wildman–Crippen MR) is 240 cm³/mol. The SMILES string of the molecule is C.CN1c2nc(Cl)ncc2OCC12CCCC2.COc1cc(N)cnc1-c1cnn(C)c1.COc1cc(Nc2ncc3c(n2)N(C)C2(CCCC2)CO3)cnc1-c1cnn(C)c1. The van der Waals surface area contributed by atoms with Gasteiger partial charge in [0.1, 0.15) is 36.1 Å². The molecule has 6 aromatic rings. The summed E-state index contributed by atoms with van der Waals surface area (Å²) in [7, 11) is 11.1. The molecule has 0 atom stereocenters. The number of hydrogen-bond donors (Lipinski definition) is 2. The average Bonchev–Trinajstić information content (AvgIpc) is 4.12. The second kappa shape index (κ2) is 18.3. The maximum Gasteiger partial charge on any atom is 0.229 e. The molecule has 0 aromatic carbocycles. The molecule has 8 heterocycles. The number of nitrogen functional groups attached to an aromatic ring is 1. The number of ether oxygens (including phenoxy) is 4. The summed E-state index contributed by atoms with van der Waals surface area (Å²) in [6, 6.07) is 3.63. The Bertz CT molecular complexity index is 2480. The maximum absolute atomic E-state index is 6.01. The van der Waals surface area contributed by atoms with E-state index in [0.717, 1.165) is 70.8 Å². The molecule has 6 aromatic heterocycles. The Morgan fingerprint density at radius 3 is 1.68 bits per heavy atom. The van der Waals surface area contributed by atoms with Crippen molar-refractivity contribution >= 4 is 40.6 Å². The molecule has 0 unspecified atom stereocenters. The second-order valence-corrected chi connectivity index (χ2v) is 16.1. The Hall–Kier alpha value is -6.43. The van der Waals surface area contributed by atoms with E-state index in [9.17, 15) is 0 Å². The van der Waals surface area contributed by atoms with Crippen molar-refractivity contribution in [2.75, 3.05) is 62.4 Å². The van der Waals surface area contributed by atoms with Crippen molar-refractivity contribution in [3.8, 4) is 45.5 Å². The van der Waals surface area contributed by atoms with E-state index in [4.69, 9.17) is 41.3 Å². The third-order valence-electron chi connectivity index (χ3n) is 11.9. The van der Waals surface area contributed by atoms with Crippen molar-refractivity contribution < 1.29 is 18.9 Å². The Balaban J connectivity index is 0.000000153. The molecule has 328 valence electrons. The minimum atomic E-state index is 0. The number of rotatable bonds is 6. The molecule has 2 spiro atoms. The summed E-state index contributed by atoms with van der Waals surface area (Å²) in [5.41, 5.74) is 10.4. The van der Waals surface area contributed by atoms with Gasteiger partial charge in [-0.2, -0.15) is 20.2 Å². The Morgan fingerprint density at radius 1 is 0.661 bits per heavy atom. The van der Waals surface area contributed by atoms with Gasteiger partial charge < -0.3 is 39.8 Å². The van der Waals surface area contributed by atoms with Crippen molar-refractivity contribution in [3.63, 3.8) is 0 Å². The molecule has 0 saturated heterocycles. The lowest BCUT2D eigenvalue weighted by Crippen LogP contribution is -2.52. The molecule has 0 bridgehead atoms. The molecule has 19 heteroatoms. The zero-order valence-electron chi connectivity index (χ0n) is 35.3. The van der Waals surface area contributed by atoms with Crippen LogP contribution in [0.25, 0.3) is 22.5 Å². The summed E-state index contributed by atoms with van der Waals surface area (Å²) in [6.07, 6.45) is 23.6. The van der Waals surface area contributed by atoms with Gasteiger partial charge in [-0.05, 0) is 37.3 Å². The number of nitrogens with one attached hydrogen (secondary N) is 1. The number of aromatic nitrogens is 10. The fraction of sp³-hybridized carbons (Fsp3) is 0.442. The number of fused-ring (bicyclic) bond motifs is 2. The number of nitrogens with two attached hydrogens (primary N) is 1. The Kier molecular flexibility index (Phi) is 12.9. The predicted octanol–water partition coefficient (Wildman–Crippen LogP) is 7.15. The highest BCUT2D eigenvalue weighted by Gasteiger charge is 2.44. The van der Waals surface area contributed by atoms with Gasteiger partial charge in [-0.1, -0.05) is 33.1 Å². The van der Waals surface area contributed by atoms with Crippen LogP contribution in [-0.2, 0) is 14.1 Å². The fourth-order valence-corrected chi connectivity index (χ4v) is 8.60. The van der Waals surface area contributed by atoms with E-state index >= 15 is 0 Å². The molecule has 0 radical (unpaired) electrons. The number of methoxy groups -OCH3 is 2. The van der Waals surface area contributed by atoms with Gasteiger partial charge in [-0.15, -0.1) is 0 Å². The molecule has 18 nitrogen and oxygen atoms in total. The lowest BCUT2D eigenvalue weighted by Gasteiger charge is -2.43. The highest BCUT2D eigenvalue weighted by Crippen LogP contribution is 2.45. The van der Waals surface area contributed by atoms with Crippen molar-refractivity contribution in [3.05, 3.63) is 67.0 Å². The molecule has 3 N–H and O–H groups in total. The molecule has 2 aliphatic carbocycles. The maximum atomic E-state index is 6.01. The van der Waals surface area contributed by atoms with Gasteiger partial charge in [0.15, 0.2) is 23.1 Å². The third kappa shape index (κ3) is 8.82. The summed E-state index contributed by atoms with van der Waals surface area (Å²) in [5.74, 6) is 4.92. The van der Waals surface area contributed by atoms with E-state index in [0.29, 0.717) is 29.7 Å². The molecular weight excluding hydrogens is 812 g/mol. The van der Waals surface area contributed by atoms with Crippen LogP contribution < -0.4 is 39.8 Å². The Labute approximate surface area is 366 Å². The number of anilines is 5. The topological polar surface area (TPSA) is 194 Å². The van der Waals surface area contributed by atoms with Gasteiger partial charge in [0.2, 0.25) is 11.2 Å². The molecule has 4 aliphatic rings. The molecule has 62 heavy (non-hydrogen) atoms. The van der Waals surface area contributed by atoms with Crippen molar-refractivity contribution in [1.29, 1.82) is 0 Å². The minimum Gasteiger partial charge on any atom is -0.494 e. The molecule has 2 aliphatic heterocycles. The number of halogens is 1. The molecule has 0 amide bonds. The second-order valence-electron chi connectivity index (χ2n) is 15.8. The van der Waals surface area contributed by atoms with Gasteiger partial charge in [-0.25, -0.2) is 9.97 Å². The summed E-state index contributed by atoms with van der Waals surface area (Å²) in [4.78, 5) is 30.7. The van der Waals surface area contributed by atoms with Gasteiger partial charge in [0.25, 0.3) is 0 Å². The van der Waals surface area contributed by atoms with Crippen LogP contribution in [0.5, 0.6) is 23.0 Å². The van der Waals surface area contributed by atoms with E-state index < -0.39 is 0 Å². The van der Waals surface area contributed by atoms with Crippen molar-refractivity contribution in [2.45, 2.75) is 69.9 Å². The van der Waals surface area contributed by atoms with Crippen LogP contribution in [0.15, 0.2) is 61.7 Å². The highest BCUT2D eigenvalue weighted by atomic mass is 35.5. The third-order valence-corrected chi connectivity index (χ3v) is 12.1. The van der Waals surface area contributed by atoms with Crippen LogP contribution in [0.3, 0.4) is 0 Å². The Morgan fingerprint density at radius 2 is 1.16 bits per heavy atom. The summed E-state index contributed by atoms with van der Waals surface area (Å²) < 4.78 is 26.0. The van der Waals surface area contributed by atoms with Crippen molar-refractivity contribution in [1.82, 2.24) is 49.5 Å². The molecule has 10 rings (SSSR count). The van der Waals surface area contributed by atoms with Gasteiger partial charge in [0.05, 0.1) is 73.9 Å². The van der Waals surface area contributed by atoms with Gasteiger partial charge >= 0.3 is 0 Å². The number of pyridine rings is 2. The van der Waals surface area contributed by atoms with E-state index in [1.807, 2.05) is 32.6 Å². The zero-order chi connectivity index (χ0) is 42.7. The first-order valence-electron chi connectivity index (χ1n) is 20.2. The summed E-state index contributed by atoms with van der Waals surface area (Å²) in [6.45, 7) is 1.44. The van der Waals surface area contributed by atoms with Crippen LogP contribution >= 0.6 is 11.6 Å². The molecule has 2 fully saturated rings. The average molecular weight is 867 g/mol. The fourth-order valence-electron chi connectivity index (χ4n) is 8.47. The van der Waals surface area contributed by atoms with Crippen LogP contribution in [0, 0.1) is 0 Å². The normalized spacial score (nSPS) is 16.4. The van der Waals surface area contributed by atoms with Crippen molar-refractivity contribution in [2.24, 2.45) is 14.1 Å². The lowest BCUT2D eigenvalue weighted by molar-refractivity contribution is 0.192. The number of nitrogens with zero attached hydrogens (tertiary/aromatic N) is 12. The van der Waals surface area contributed by atoms with E-state index in [1.54, 1.807) is 66.8 Å². The standard InChI is InChI=1S/C21H25N7O2.C11H14ClN3O.C10H12N4O.CH4/c1-27-12-14(9-24-27)18-16(29-3)8-15(10-22-18)25-20-23-11-17-19(26-20)28(2)21(13-30-17)6-4-5-7-21;1-15-9-8(6-13-10(12)14-9)16-7-11(15)4-2-3-5-11;1-14-6-7(4-13-14)10-9(15-2)3-8(11)5-12-10;/h8-12H,4-7,13H2,1-3H3,(H,23,25,26);6H,2-5,7H2,1H3;3-6H,11H2,1-2H3;1H4. The first-order chi connectivity index (χ1) is 29.5. The summed E-state index contributed by atoms with van der Waals surface area (Å²) >= 11 is 5.83. The quantitative estimate of drug-likeness (QED) is 0.160. The first kappa shape index (κ1) is 43.7. The smallest absolute Gasteiger partial charge is 0.229 e. The van der Waals surface area contributed by atoms with E-state index in [2.05, 4.69) is 64.3 Å². The van der Waals surface area contributed by atoms with Gasteiger partial charge in [-0.3, -0.25) is 19.3 Å². The highest BCUT2D eigenvalue weighted by molar-refractivity contribution is 6.28. The van der Waals surface area contributed by atoms with E-state index in [1.165, 1.54) is 38.5 Å². The zero-order valence-corrected chi connectivity index (χ0v) is 36.1. The van der Waals surface area contributed by atoms with Gasteiger partial charge in [0, 0.05) is 63.8 Å². The molecular formula is C43H55ClN14O4. The van der Waals surface area contributed by atoms with Crippen LogP contribution in [0.4, 0.5) is 29.0 Å². The number of aryl methyl sites for hydroxylation is 2. The van der Waals surface area contributed by atoms with Crippen LogP contribution in [-0.4, -0.2) is 102 Å². The number of hydrogen-bond acceptors (Lipinski definition) is 16. The van der Waals surface area contributed by atoms with Crippen LogP contribution in [0.1, 0.15) is 58.8 Å². The monoisotopic (exact) mass is 866 g/mol.